The third kappa shape index (κ3) is 3.85. The van der Waals surface area contributed by atoms with Crippen molar-refractivity contribution in [2.45, 2.75) is 19.8 Å². The van der Waals surface area contributed by atoms with E-state index in [1.54, 1.807) is 54.9 Å². The Balaban J connectivity index is 1.78. The molecule has 36 heavy (non-hydrogen) atoms. The zero-order valence-corrected chi connectivity index (χ0v) is 20.2. The Morgan fingerprint density at radius 1 is 0.861 bits per heavy atom. The molecule has 0 atom stereocenters. The third-order valence-corrected chi connectivity index (χ3v) is 6.20. The van der Waals surface area contributed by atoms with Crippen molar-refractivity contribution in [1.82, 2.24) is 9.78 Å². The molecule has 2 aromatic carbocycles. The van der Waals surface area contributed by atoms with Gasteiger partial charge < -0.3 is 0 Å². The number of nitrogens with one attached hydrogen (secondary N) is 1. The second-order valence-corrected chi connectivity index (χ2v) is 9.04. The van der Waals surface area contributed by atoms with Gasteiger partial charge in [0.15, 0.2) is 12.4 Å². The van der Waals surface area contributed by atoms with Crippen LogP contribution in [0, 0.1) is 5.82 Å². The van der Waals surface area contributed by atoms with Crippen molar-refractivity contribution in [2.75, 3.05) is 4.90 Å². The van der Waals surface area contributed by atoms with Gasteiger partial charge in [0.05, 0.1) is 16.9 Å². The molecule has 7 nitrogen and oxygen atoms in total. The highest BCUT2D eigenvalue weighted by Crippen LogP contribution is 2.35. The smallest absolute Gasteiger partial charge is 0.294 e. The summed E-state index contributed by atoms with van der Waals surface area (Å²) in [7, 11) is 0. The van der Waals surface area contributed by atoms with Gasteiger partial charge in [-0.2, -0.15) is 4.57 Å². The summed E-state index contributed by atoms with van der Waals surface area (Å²) in [5, 5.41) is 3.63. The molecule has 5 rings (SSSR count). The summed E-state index contributed by atoms with van der Waals surface area (Å²) in [5.41, 5.74) is 0.862. The fraction of sp³-hybridized carbons (Fsp3) is 0.111. The maximum Gasteiger partial charge on any atom is 0.331 e. The van der Waals surface area contributed by atoms with Gasteiger partial charge in [-0.25, -0.2) is 14.0 Å². The number of amides is 2. The Hall–Kier alpha value is -4.30. The molecule has 4 aromatic rings. The van der Waals surface area contributed by atoms with Crippen LogP contribution in [0.15, 0.2) is 83.9 Å². The monoisotopic (exact) mass is 503 g/mol. The van der Waals surface area contributed by atoms with Crippen molar-refractivity contribution in [3.63, 3.8) is 0 Å². The largest absolute Gasteiger partial charge is 0.331 e. The average molecular weight is 504 g/mol. The van der Waals surface area contributed by atoms with Crippen LogP contribution in [-0.4, -0.2) is 21.6 Å². The molecule has 3 heterocycles. The predicted molar refractivity (Wildman–Crippen MR) is 134 cm³/mol. The number of hydrogen-bond acceptors (Lipinski definition) is 3. The molecule has 0 bridgehead atoms. The summed E-state index contributed by atoms with van der Waals surface area (Å²) in [5.74, 6) is -1.97. The van der Waals surface area contributed by atoms with Gasteiger partial charge in [0.25, 0.3) is 17.2 Å². The Morgan fingerprint density at radius 2 is 1.47 bits per heavy atom. The lowest BCUT2D eigenvalue weighted by molar-refractivity contribution is -0.576. The fourth-order valence-corrected chi connectivity index (χ4v) is 4.37. The molecule has 0 radical (unpaired) electrons. The molecule has 2 amide bonds. The summed E-state index contributed by atoms with van der Waals surface area (Å²) in [6.07, 6.45) is 3.27. The van der Waals surface area contributed by atoms with Crippen molar-refractivity contribution in [3.8, 4) is 5.69 Å². The van der Waals surface area contributed by atoms with Crippen LogP contribution in [0.4, 0.5) is 10.1 Å². The standard InChI is InChI=1S/C27H20ClFN4O3/c1-16(2)23-21(26(35)33(30-23)20-10-6-17(28)7-11-20)22-24(31-14-4-3-5-15-31)27(36)32(25(22)34)19-12-8-18(29)9-13-19/h3-16H,1-2H3/p+1. The number of rotatable bonds is 5. The van der Waals surface area contributed by atoms with Crippen molar-refractivity contribution < 1.29 is 18.5 Å². The maximum atomic E-state index is 13.9. The van der Waals surface area contributed by atoms with E-state index < -0.39 is 23.2 Å². The number of nitrogens with zero attached hydrogens (tertiary/aromatic N) is 3. The van der Waals surface area contributed by atoms with Gasteiger partial charge in [0.1, 0.15) is 11.4 Å². The number of H-pyrrole nitrogens is 1. The topological polar surface area (TPSA) is 79.1 Å². The molecule has 1 aliphatic rings. The molecule has 2 aromatic heterocycles. The fourth-order valence-electron chi connectivity index (χ4n) is 4.24. The highest BCUT2D eigenvalue weighted by molar-refractivity contribution is 6.53. The van der Waals surface area contributed by atoms with Crippen molar-refractivity contribution in [3.05, 3.63) is 112 Å². The minimum absolute atomic E-state index is 0.0295. The predicted octanol–water partition coefficient (Wildman–Crippen LogP) is 4.31. The quantitative estimate of drug-likeness (QED) is 0.325. The SMILES string of the molecule is CC(C)c1[nH]n(-c2ccc(Cl)cc2)c(=O)c1C1=C([n+]2ccccc2)C(=O)N(c2ccc(F)cc2)C1=O. The highest BCUT2D eigenvalue weighted by Gasteiger charge is 2.48. The molecule has 0 aliphatic carbocycles. The molecule has 1 aliphatic heterocycles. The first-order chi connectivity index (χ1) is 17.3. The van der Waals surface area contributed by atoms with E-state index in [4.69, 9.17) is 11.6 Å². The van der Waals surface area contributed by atoms with E-state index in [2.05, 4.69) is 5.10 Å². The first-order valence-electron chi connectivity index (χ1n) is 11.2. The highest BCUT2D eigenvalue weighted by atomic mass is 35.5. The van der Waals surface area contributed by atoms with Crippen LogP contribution in [-0.2, 0) is 9.59 Å². The lowest BCUT2D eigenvalue weighted by Crippen LogP contribution is -2.39. The lowest BCUT2D eigenvalue weighted by atomic mass is 9.98. The summed E-state index contributed by atoms with van der Waals surface area (Å²) in [4.78, 5) is 42.3. The first-order valence-corrected chi connectivity index (χ1v) is 11.6. The zero-order chi connectivity index (χ0) is 25.6. The van der Waals surface area contributed by atoms with E-state index in [9.17, 15) is 18.8 Å². The number of hydrogen-bond donors (Lipinski definition) is 1. The Bertz CT molecular complexity index is 1570. The third-order valence-electron chi connectivity index (χ3n) is 5.95. The first kappa shape index (κ1) is 23.4. The minimum Gasteiger partial charge on any atom is -0.294 e. The van der Waals surface area contributed by atoms with Gasteiger partial charge in [0, 0.05) is 22.8 Å². The van der Waals surface area contributed by atoms with E-state index in [0.717, 1.165) is 4.90 Å². The maximum absolute atomic E-state index is 13.9. The zero-order valence-electron chi connectivity index (χ0n) is 19.4. The molecular weight excluding hydrogens is 483 g/mol. The van der Waals surface area contributed by atoms with E-state index in [1.165, 1.54) is 33.5 Å². The average Bonchev–Trinajstić information content (AvgIpc) is 3.33. The number of carbonyl (C=O) groups excluding carboxylic acids is 2. The Labute approximate surface area is 210 Å². The molecule has 0 saturated carbocycles. The number of imide groups is 1. The van der Waals surface area contributed by atoms with Crippen molar-refractivity contribution >= 4 is 40.4 Å². The summed E-state index contributed by atoms with van der Waals surface area (Å²) in [6.45, 7) is 3.77. The van der Waals surface area contributed by atoms with Crippen LogP contribution in [0.5, 0.6) is 0 Å². The molecular formula is C27H21ClFN4O3+. The number of anilines is 1. The Morgan fingerprint density at radius 3 is 2.08 bits per heavy atom. The molecule has 0 unspecified atom stereocenters. The molecule has 180 valence electrons. The summed E-state index contributed by atoms with van der Waals surface area (Å²) in [6, 6.07) is 16.9. The molecule has 1 N–H and O–H groups in total. The number of aromatic nitrogens is 3. The van der Waals surface area contributed by atoms with Gasteiger partial charge in [-0.1, -0.05) is 31.5 Å². The van der Waals surface area contributed by atoms with Crippen LogP contribution in [0.25, 0.3) is 17.0 Å². The Kier molecular flexibility index (Phi) is 5.89. The minimum atomic E-state index is -0.667. The number of carbonyl (C=O) groups is 2. The van der Waals surface area contributed by atoms with E-state index in [-0.39, 0.29) is 28.4 Å². The van der Waals surface area contributed by atoms with Crippen molar-refractivity contribution in [1.29, 1.82) is 0 Å². The van der Waals surface area contributed by atoms with Crippen LogP contribution in [0.2, 0.25) is 5.02 Å². The van der Waals surface area contributed by atoms with Gasteiger partial charge in [0.2, 0.25) is 0 Å². The summed E-state index contributed by atoms with van der Waals surface area (Å²) < 4.78 is 16.4. The second kappa shape index (κ2) is 9.05. The second-order valence-electron chi connectivity index (χ2n) is 8.60. The van der Waals surface area contributed by atoms with Gasteiger partial charge in [-0.15, -0.1) is 0 Å². The number of benzene rings is 2. The summed E-state index contributed by atoms with van der Waals surface area (Å²) >= 11 is 6.02. The number of aromatic amines is 1. The van der Waals surface area contributed by atoms with Crippen LogP contribution in [0.1, 0.15) is 31.0 Å². The number of halogens is 2. The van der Waals surface area contributed by atoms with Gasteiger partial charge in [-0.3, -0.25) is 19.5 Å². The molecule has 0 spiro atoms. The lowest BCUT2D eigenvalue weighted by Gasteiger charge is -2.14. The van der Waals surface area contributed by atoms with E-state index in [1.807, 2.05) is 13.8 Å². The molecule has 9 heteroatoms. The van der Waals surface area contributed by atoms with E-state index in [0.29, 0.717) is 16.4 Å². The molecule has 0 saturated heterocycles. The van der Waals surface area contributed by atoms with Crippen LogP contribution >= 0.6 is 11.6 Å². The number of pyridine rings is 1. The van der Waals surface area contributed by atoms with E-state index >= 15 is 0 Å². The molecule has 0 fully saturated rings. The van der Waals surface area contributed by atoms with Gasteiger partial charge >= 0.3 is 5.91 Å². The normalized spacial score (nSPS) is 13.9. The van der Waals surface area contributed by atoms with Gasteiger partial charge in [-0.05, 0) is 54.4 Å². The van der Waals surface area contributed by atoms with Crippen molar-refractivity contribution in [2.24, 2.45) is 0 Å². The van der Waals surface area contributed by atoms with Crippen LogP contribution < -0.4 is 15.0 Å². The van der Waals surface area contributed by atoms with Crippen LogP contribution in [0.3, 0.4) is 0 Å².